The first-order chi connectivity index (χ1) is 12.5. The van der Waals surface area contributed by atoms with Gasteiger partial charge in [0.1, 0.15) is 11.5 Å². The first-order valence-electron chi connectivity index (χ1n) is 8.85. The molecule has 0 fully saturated rings. The molecule has 0 bridgehead atoms. The SMILES string of the molecule is CCCOc1ccc(OCC(=O)N(C)Cc2ccc(N(C)C)cc2)cc1. The third kappa shape index (κ3) is 5.99. The zero-order valence-corrected chi connectivity index (χ0v) is 16.1. The van der Waals surface area contributed by atoms with Crippen LogP contribution in [0.5, 0.6) is 11.5 Å². The minimum Gasteiger partial charge on any atom is -0.494 e. The molecule has 140 valence electrons. The zero-order valence-electron chi connectivity index (χ0n) is 16.1. The molecule has 0 aliphatic rings. The number of anilines is 1. The van der Waals surface area contributed by atoms with Crippen molar-refractivity contribution in [2.75, 3.05) is 39.3 Å². The van der Waals surface area contributed by atoms with Crippen LogP contribution in [-0.4, -0.2) is 45.2 Å². The van der Waals surface area contributed by atoms with Gasteiger partial charge in [-0.05, 0) is 48.4 Å². The van der Waals surface area contributed by atoms with E-state index in [1.807, 2.05) is 67.5 Å². The summed E-state index contributed by atoms with van der Waals surface area (Å²) in [7, 11) is 5.79. The highest BCUT2D eigenvalue weighted by Crippen LogP contribution is 2.18. The molecule has 2 rings (SSSR count). The number of ether oxygens (including phenoxy) is 2. The van der Waals surface area contributed by atoms with E-state index in [-0.39, 0.29) is 12.5 Å². The standard InChI is InChI=1S/C21H28N2O3/c1-5-14-25-19-10-12-20(13-11-19)26-16-21(24)23(4)15-17-6-8-18(9-7-17)22(2)3/h6-13H,5,14-16H2,1-4H3. The number of carbonyl (C=O) groups is 1. The lowest BCUT2D eigenvalue weighted by molar-refractivity contribution is -0.132. The number of carbonyl (C=O) groups excluding carboxylic acids is 1. The minimum absolute atomic E-state index is 0.0153. The lowest BCUT2D eigenvalue weighted by Crippen LogP contribution is -2.30. The third-order valence-electron chi connectivity index (χ3n) is 3.96. The van der Waals surface area contributed by atoms with E-state index in [1.54, 1.807) is 11.9 Å². The molecule has 0 spiro atoms. The minimum atomic E-state index is -0.0620. The van der Waals surface area contributed by atoms with Crippen molar-refractivity contribution in [1.82, 2.24) is 4.90 Å². The molecule has 0 saturated carbocycles. The van der Waals surface area contributed by atoms with Crippen LogP contribution in [0, 0.1) is 0 Å². The van der Waals surface area contributed by atoms with E-state index < -0.39 is 0 Å². The van der Waals surface area contributed by atoms with Crippen LogP contribution in [0.1, 0.15) is 18.9 Å². The van der Waals surface area contributed by atoms with E-state index in [4.69, 9.17) is 9.47 Å². The van der Waals surface area contributed by atoms with Gasteiger partial charge in [0.05, 0.1) is 6.61 Å². The van der Waals surface area contributed by atoms with E-state index in [0.29, 0.717) is 18.9 Å². The Bertz CT molecular complexity index is 681. The number of hydrogen-bond acceptors (Lipinski definition) is 4. The maximum Gasteiger partial charge on any atom is 0.260 e. The Labute approximate surface area is 156 Å². The summed E-state index contributed by atoms with van der Waals surface area (Å²) in [6.07, 6.45) is 0.969. The normalized spacial score (nSPS) is 10.3. The topological polar surface area (TPSA) is 42.0 Å². The van der Waals surface area contributed by atoms with E-state index in [2.05, 4.69) is 6.92 Å². The molecule has 0 N–H and O–H groups in total. The summed E-state index contributed by atoms with van der Waals surface area (Å²) in [6.45, 7) is 3.33. The number of amides is 1. The number of rotatable bonds is 9. The smallest absolute Gasteiger partial charge is 0.260 e. The fourth-order valence-electron chi connectivity index (χ4n) is 2.37. The molecule has 5 nitrogen and oxygen atoms in total. The van der Waals surface area contributed by atoms with Gasteiger partial charge in [-0.1, -0.05) is 19.1 Å². The zero-order chi connectivity index (χ0) is 18.9. The summed E-state index contributed by atoms with van der Waals surface area (Å²) in [5.41, 5.74) is 2.22. The van der Waals surface area contributed by atoms with Gasteiger partial charge >= 0.3 is 0 Å². The molecular formula is C21H28N2O3. The molecule has 0 radical (unpaired) electrons. The van der Waals surface area contributed by atoms with Crippen molar-refractivity contribution in [2.45, 2.75) is 19.9 Å². The molecule has 0 aliphatic carbocycles. The van der Waals surface area contributed by atoms with E-state index in [0.717, 1.165) is 23.4 Å². The predicted molar refractivity (Wildman–Crippen MR) is 105 cm³/mol. The molecule has 0 atom stereocenters. The Morgan fingerprint density at radius 3 is 2.00 bits per heavy atom. The summed E-state index contributed by atoms with van der Waals surface area (Å²) < 4.78 is 11.1. The van der Waals surface area contributed by atoms with Crippen molar-refractivity contribution in [3.63, 3.8) is 0 Å². The van der Waals surface area contributed by atoms with Crippen molar-refractivity contribution in [3.8, 4) is 11.5 Å². The third-order valence-corrected chi connectivity index (χ3v) is 3.96. The van der Waals surface area contributed by atoms with Gasteiger partial charge in [0.25, 0.3) is 5.91 Å². The largest absolute Gasteiger partial charge is 0.494 e. The van der Waals surface area contributed by atoms with Gasteiger partial charge in [0, 0.05) is 33.4 Å². The van der Waals surface area contributed by atoms with Crippen molar-refractivity contribution in [3.05, 3.63) is 54.1 Å². The predicted octanol–water partition coefficient (Wildman–Crippen LogP) is 3.58. The summed E-state index contributed by atoms with van der Waals surface area (Å²) >= 11 is 0. The highest BCUT2D eigenvalue weighted by atomic mass is 16.5. The Morgan fingerprint density at radius 1 is 0.885 bits per heavy atom. The quantitative estimate of drug-likeness (QED) is 0.689. The fraction of sp³-hybridized carbons (Fsp3) is 0.381. The van der Waals surface area contributed by atoms with Crippen molar-refractivity contribution in [2.24, 2.45) is 0 Å². The van der Waals surface area contributed by atoms with Gasteiger partial charge < -0.3 is 19.3 Å². The molecule has 0 aromatic heterocycles. The Morgan fingerprint density at radius 2 is 1.46 bits per heavy atom. The molecule has 26 heavy (non-hydrogen) atoms. The average molecular weight is 356 g/mol. The van der Waals surface area contributed by atoms with E-state index in [1.165, 1.54) is 0 Å². The molecule has 5 heteroatoms. The van der Waals surface area contributed by atoms with E-state index in [9.17, 15) is 4.79 Å². The highest BCUT2D eigenvalue weighted by molar-refractivity contribution is 5.77. The molecular weight excluding hydrogens is 328 g/mol. The molecule has 0 unspecified atom stereocenters. The molecule has 1 amide bonds. The molecule has 0 aliphatic heterocycles. The number of hydrogen-bond donors (Lipinski definition) is 0. The van der Waals surface area contributed by atoms with Crippen LogP contribution in [0.2, 0.25) is 0 Å². The highest BCUT2D eigenvalue weighted by Gasteiger charge is 2.10. The van der Waals surface area contributed by atoms with Crippen molar-refractivity contribution >= 4 is 11.6 Å². The maximum absolute atomic E-state index is 12.3. The monoisotopic (exact) mass is 356 g/mol. The second-order valence-corrected chi connectivity index (χ2v) is 6.42. The Balaban J connectivity index is 1.81. The van der Waals surface area contributed by atoms with Gasteiger partial charge in [0.15, 0.2) is 6.61 Å². The number of nitrogens with zero attached hydrogens (tertiary/aromatic N) is 2. The van der Waals surface area contributed by atoms with Gasteiger partial charge in [-0.15, -0.1) is 0 Å². The van der Waals surface area contributed by atoms with Crippen LogP contribution in [0.15, 0.2) is 48.5 Å². The average Bonchev–Trinajstić information content (AvgIpc) is 2.65. The van der Waals surface area contributed by atoms with Crippen LogP contribution < -0.4 is 14.4 Å². The lowest BCUT2D eigenvalue weighted by Gasteiger charge is -2.18. The second-order valence-electron chi connectivity index (χ2n) is 6.42. The maximum atomic E-state index is 12.3. The van der Waals surface area contributed by atoms with Gasteiger partial charge in [-0.3, -0.25) is 4.79 Å². The van der Waals surface area contributed by atoms with Gasteiger partial charge in [-0.2, -0.15) is 0 Å². The van der Waals surface area contributed by atoms with Crippen LogP contribution in [0.3, 0.4) is 0 Å². The van der Waals surface area contributed by atoms with E-state index >= 15 is 0 Å². The molecule has 0 heterocycles. The molecule has 2 aromatic carbocycles. The summed E-state index contributed by atoms with van der Waals surface area (Å²) in [4.78, 5) is 16.0. The van der Waals surface area contributed by atoms with Crippen LogP contribution in [0.25, 0.3) is 0 Å². The number of benzene rings is 2. The van der Waals surface area contributed by atoms with Gasteiger partial charge in [-0.25, -0.2) is 0 Å². The van der Waals surface area contributed by atoms with Gasteiger partial charge in [0.2, 0.25) is 0 Å². The van der Waals surface area contributed by atoms with Crippen LogP contribution >= 0.6 is 0 Å². The second kappa shape index (κ2) is 9.70. The summed E-state index contributed by atoms with van der Waals surface area (Å²) in [6, 6.07) is 15.5. The molecule has 0 saturated heterocycles. The van der Waals surface area contributed by atoms with Crippen LogP contribution in [-0.2, 0) is 11.3 Å². The molecule has 2 aromatic rings. The fourth-order valence-corrected chi connectivity index (χ4v) is 2.37. The van der Waals surface area contributed by atoms with Crippen LogP contribution in [0.4, 0.5) is 5.69 Å². The lowest BCUT2D eigenvalue weighted by atomic mass is 10.2. The summed E-state index contributed by atoms with van der Waals surface area (Å²) in [5.74, 6) is 1.41. The number of likely N-dealkylation sites (N-methyl/N-ethyl adjacent to an activating group) is 1. The summed E-state index contributed by atoms with van der Waals surface area (Å²) in [5, 5.41) is 0. The first-order valence-corrected chi connectivity index (χ1v) is 8.85. The first kappa shape index (κ1) is 19.6. The Kier molecular flexibility index (Phi) is 7.33. The Hall–Kier alpha value is -2.69. The van der Waals surface area contributed by atoms with Crippen molar-refractivity contribution in [1.29, 1.82) is 0 Å². The van der Waals surface area contributed by atoms with Crippen molar-refractivity contribution < 1.29 is 14.3 Å².